The van der Waals surface area contributed by atoms with Crippen LogP contribution in [-0.2, 0) is 0 Å². The average Bonchev–Trinajstić information content (AvgIpc) is 3.23. The predicted molar refractivity (Wildman–Crippen MR) is 112 cm³/mol. The summed E-state index contributed by atoms with van der Waals surface area (Å²) in [6.45, 7) is 8.06. The molecule has 0 radical (unpaired) electrons. The first-order chi connectivity index (χ1) is 13.6. The molecule has 0 spiro atoms. The Labute approximate surface area is 167 Å². The number of amides is 1. The van der Waals surface area contributed by atoms with Gasteiger partial charge in [0.15, 0.2) is 0 Å². The summed E-state index contributed by atoms with van der Waals surface area (Å²) in [5.74, 6) is 0.740. The van der Waals surface area contributed by atoms with E-state index < -0.39 is 0 Å². The lowest BCUT2D eigenvalue weighted by Crippen LogP contribution is -2.47. The number of anilines is 2. The molecule has 6 heteroatoms. The normalized spacial score (nSPS) is 17.8. The molecule has 4 rings (SSSR count). The Balaban J connectivity index is 1.35. The van der Waals surface area contributed by atoms with E-state index in [4.69, 9.17) is 0 Å². The molecule has 0 atom stereocenters. The summed E-state index contributed by atoms with van der Waals surface area (Å²) < 4.78 is 0. The van der Waals surface area contributed by atoms with Crippen molar-refractivity contribution in [1.29, 1.82) is 0 Å². The average molecular weight is 380 g/mol. The molecular weight excluding hydrogens is 350 g/mol. The fourth-order valence-electron chi connectivity index (χ4n) is 4.19. The van der Waals surface area contributed by atoms with Crippen molar-refractivity contribution in [3.8, 4) is 0 Å². The van der Waals surface area contributed by atoms with Crippen LogP contribution in [0, 0.1) is 13.8 Å². The highest BCUT2D eigenvalue weighted by Crippen LogP contribution is 2.25. The van der Waals surface area contributed by atoms with Crippen molar-refractivity contribution >= 4 is 17.4 Å². The van der Waals surface area contributed by atoms with Crippen molar-refractivity contribution in [3.63, 3.8) is 0 Å². The molecule has 148 valence electrons. The molecule has 6 nitrogen and oxygen atoms in total. The van der Waals surface area contributed by atoms with Crippen LogP contribution in [0.1, 0.15) is 47.3 Å². The SMILES string of the molecule is Cc1cccc(N2CCN(c3cnc(C(=O)NC4CCCC4)cn3)CC2)c1C. The summed E-state index contributed by atoms with van der Waals surface area (Å²) in [5.41, 5.74) is 4.42. The van der Waals surface area contributed by atoms with Crippen LogP contribution in [0.4, 0.5) is 11.5 Å². The zero-order valence-electron chi connectivity index (χ0n) is 16.8. The Morgan fingerprint density at radius 3 is 2.39 bits per heavy atom. The number of benzene rings is 1. The van der Waals surface area contributed by atoms with Gasteiger partial charge in [0.1, 0.15) is 11.5 Å². The number of nitrogens with one attached hydrogen (secondary N) is 1. The predicted octanol–water partition coefficient (Wildman–Crippen LogP) is 3.09. The van der Waals surface area contributed by atoms with E-state index in [9.17, 15) is 4.79 Å². The van der Waals surface area contributed by atoms with E-state index in [1.165, 1.54) is 29.7 Å². The quantitative estimate of drug-likeness (QED) is 0.885. The molecule has 1 aliphatic carbocycles. The van der Waals surface area contributed by atoms with E-state index in [1.54, 1.807) is 12.4 Å². The molecule has 1 aromatic heterocycles. The summed E-state index contributed by atoms with van der Waals surface area (Å²) in [4.78, 5) is 25.9. The lowest BCUT2D eigenvalue weighted by molar-refractivity contribution is 0.0932. The van der Waals surface area contributed by atoms with Gasteiger partial charge in [-0.2, -0.15) is 0 Å². The van der Waals surface area contributed by atoms with E-state index in [-0.39, 0.29) is 5.91 Å². The van der Waals surface area contributed by atoms with Crippen LogP contribution in [-0.4, -0.2) is 48.1 Å². The van der Waals surface area contributed by atoms with Gasteiger partial charge in [-0.05, 0) is 43.9 Å². The lowest BCUT2D eigenvalue weighted by atomic mass is 10.1. The molecule has 0 unspecified atom stereocenters. The summed E-state index contributed by atoms with van der Waals surface area (Å²) in [7, 11) is 0. The molecule has 1 saturated heterocycles. The number of rotatable bonds is 4. The van der Waals surface area contributed by atoms with Crippen LogP contribution in [0.3, 0.4) is 0 Å². The van der Waals surface area contributed by atoms with Crippen molar-refractivity contribution in [2.45, 2.75) is 45.6 Å². The summed E-state index contributed by atoms with van der Waals surface area (Å²) in [5, 5.41) is 3.07. The van der Waals surface area contributed by atoms with Crippen LogP contribution in [0.15, 0.2) is 30.6 Å². The molecule has 1 aromatic carbocycles. The van der Waals surface area contributed by atoms with E-state index in [1.807, 2.05) is 0 Å². The smallest absolute Gasteiger partial charge is 0.271 e. The van der Waals surface area contributed by atoms with Crippen LogP contribution < -0.4 is 15.1 Å². The Hall–Kier alpha value is -2.63. The van der Waals surface area contributed by atoms with Gasteiger partial charge in [0, 0.05) is 37.9 Å². The van der Waals surface area contributed by atoms with Crippen LogP contribution in [0.25, 0.3) is 0 Å². The first-order valence-electron chi connectivity index (χ1n) is 10.3. The van der Waals surface area contributed by atoms with Gasteiger partial charge < -0.3 is 15.1 Å². The highest BCUT2D eigenvalue weighted by atomic mass is 16.1. The van der Waals surface area contributed by atoms with Crippen molar-refractivity contribution in [2.75, 3.05) is 36.0 Å². The number of carbonyl (C=O) groups is 1. The lowest BCUT2D eigenvalue weighted by Gasteiger charge is -2.37. The fourth-order valence-corrected chi connectivity index (χ4v) is 4.19. The number of aryl methyl sites for hydroxylation is 1. The first-order valence-corrected chi connectivity index (χ1v) is 10.3. The van der Waals surface area contributed by atoms with Crippen molar-refractivity contribution < 1.29 is 4.79 Å². The maximum absolute atomic E-state index is 12.3. The van der Waals surface area contributed by atoms with Crippen molar-refractivity contribution in [3.05, 3.63) is 47.4 Å². The fraction of sp³-hybridized carbons (Fsp3) is 0.500. The number of carbonyl (C=O) groups excluding carboxylic acids is 1. The van der Waals surface area contributed by atoms with Gasteiger partial charge in [-0.3, -0.25) is 4.79 Å². The highest BCUT2D eigenvalue weighted by molar-refractivity contribution is 5.92. The van der Waals surface area contributed by atoms with Crippen LogP contribution in [0.2, 0.25) is 0 Å². The van der Waals surface area contributed by atoms with Gasteiger partial charge in [0.25, 0.3) is 5.91 Å². The minimum absolute atomic E-state index is 0.106. The minimum atomic E-state index is -0.106. The number of hydrogen-bond acceptors (Lipinski definition) is 5. The topological polar surface area (TPSA) is 61.4 Å². The highest BCUT2D eigenvalue weighted by Gasteiger charge is 2.22. The first kappa shape index (κ1) is 18.7. The maximum atomic E-state index is 12.3. The minimum Gasteiger partial charge on any atom is -0.368 e. The molecule has 2 aromatic rings. The third kappa shape index (κ3) is 3.96. The zero-order chi connectivity index (χ0) is 19.5. The molecule has 1 aliphatic heterocycles. The third-order valence-electron chi connectivity index (χ3n) is 6.08. The maximum Gasteiger partial charge on any atom is 0.271 e. The molecule has 2 heterocycles. The molecule has 0 bridgehead atoms. The summed E-state index contributed by atoms with van der Waals surface area (Å²) in [6, 6.07) is 6.79. The Kier molecular flexibility index (Phi) is 5.46. The van der Waals surface area contributed by atoms with Gasteiger partial charge in [0.2, 0.25) is 0 Å². The second-order valence-electron chi connectivity index (χ2n) is 7.91. The Morgan fingerprint density at radius 1 is 1.00 bits per heavy atom. The van der Waals surface area contributed by atoms with Crippen molar-refractivity contribution in [1.82, 2.24) is 15.3 Å². The summed E-state index contributed by atoms with van der Waals surface area (Å²) >= 11 is 0. The second kappa shape index (κ2) is 8.17. The summed E-state index contributed by atoms with van der Waals surface area (Å²) in [6.07, 6.45) is 7.88. The number of nitrogens with zero attached hydrogens (tertiary/aromatic N) is 4. The molecule has 2 aliphatic rings. The van der Waals surface area contributed by atoms with Gasteiger partial charge in [-0.25, -0.2) is 9.97 Å². The van der Waals surface area contributed by atoms with E-state index in [0.717, 1.165) is 44.8 Å². The Bertz CT molecular complexity index is 821. The molecule has 1 amide bonds. The van der Waals surface area contributed by atoms with Gasteiger partial charge in [-0.15, -0.1) is 0 Å². The molecule has 1 N–H and O–H groups in total. The second-order valence-corrected chi connectivity index (χ2v) is 7.91. The molecule has 1 saturated carbocycles. The van der Waals surface area contributed by atoms with Gasteiger partial charge in [0.05, 0.1) is 12.4 Å². The van der Waals surface area contributed by atoms with Gasteiger partial charge >= 0.3 is 0 Å². The monoisotopic (exact) mass is 379 g/mol. The van der Waals surface area contributed by atoms with E-state index >= 15 is 0 Å². The van der Waals surface area contributed by atoms with Crippen LogP contribution >= 0.6 is 0 Å². The van der Waals surface area contributed by atoms with E-state index in [0.29, 0.717) is 11.7 Å². The Morgan fingerprint density at radius 2 is 1.71 bits per heavy atom. The van der Waals surface area contributed by atoms with E-state index in [2.05, 4.69) is 57.1 Å². The largest absolute Gasteiger partial charge is 0.368 e. The van der Waals surface area contributed by atoms with Crippen molar-refractivity contribution in [2.24, 2.45) is 0 Å². The molecular formula is C22H29N5O. The number of aromatic nitrogens is 2. The van der Waals surface area contributed by atoms with Gasteiger partial charge in [-0.1, -0.05) is 25.0 Å². The third-order valence-corrected chi connectivity index (χ3v) is 6.08. The van der Waals surface area contributed by atoms with Crippen LogP contribution in [0.5, 0.6) is 0 Å². The zero-order valence-corrected chi connectivity index (χ0v) is 16.8. The standard InChI is InChI=1S/C22H29N5O/c1-16-6-5-9-20(17(16)2)26-10-12-27(13-11-26)21-15-23-19(14-24-21)22(28)25-18-7-3-4-8-18/h5-6,9,14-15,18H,3-4,7-8,10-13H2,1-2H3,(H,25,28). The molecule has 28 heavy (non-hydrogen) atoms. The number of piperazine rings is 1. The number of hydrogen-bond donors (Lipinski definition) is 1. The molecule has 2 fully saturated rings.